The number of oxazole rings is 1. The van der Waals surface area contributed by atoms with Gasteiger partial charge in [0, 0.05) is 12.0 Å². The molecular weight excluding hydrogens is 244 g/mol. The summed E-state index contributed by atoms with van der Waals surface area (Å²) in [5.74, 6) is 2.01. The Morgan fingerprint density at radius 3 is 2.68 bits per heavy atom. The zero-order valence-electron chi connectivity index (χ0n) is 11.4. The maximum absolute atomic E-state index is 5.50. The number of benzene rings is 1. The summed E-state index contributed by atoms with van der Waals surface area (Å²) in [6.07, 6.45) is 2.32. The van der Waals surface area contributed by atoms with Crippen LogP contribution in [0.2, 0.25) is 0 Å². The first-order chi connectivity index (χ1) is 9.21. The highest BCUT2D eigenvalue weighted by molar-refractivity contribution is 5.68. The zero-order chi connectivity index (χ0) is 13.8. The molecule has 0 atom stereocenters. The second kappa shape index (κ2) is 5.75. The second-order valence-corrected chi connectivity index (χ2v) is 4.16. The summed E-state index contributed by atoms with van der Waals surface area (Å²) in [7, 11) is 3.25. The monoisotopic (exact) mass is 262 g/mol. The highest BCUT2D eigenvalue weighted by Crippen LogP contribution is 2.37. The molecule has 0 amide bonds. The van der Waals surface area contributed by atoms with Gasteiger partial charge < -0.3 is 19.6 Å². The van der Waals surface area contributed by atoms with Crippen LogP contribution >= 0.6 is 0 Å². The summed E-state index contributed by atoms with van der Waals surface area (Å²) in [6.45, 7) is 2.48. The van der Waals surface area contributed by atoms with Crippen molar-refractivity contribution in [2.45, 2.75) is 13.3 Å². The molecule has 2 N–H and O–H groups in total. The predicted molar refractivity (Wildman–Crippen MR) is 72.5 cm³/mol. The van der Waals surface area contributed by atoms with Gasteiger partial charge in [-0.2, -0.15) is 0 Å². The van der Waals surface area contributed by atoms with E-state index in [4.69, 9.17) is 19.6 Å². The lowest BCUT2D eigenvalue weighted by Gasteiger charge is -2.12. The van der Waals surface area contributed by atoms with Crippen molar-refractivity contribution in [2.75, 3.05) is 20.8 Å². The van der Waals surface area contributed by atoms with Gasteiger partial charge in [-0.1, -0.05) is 0 Å². The molecule has 5 heteroatoms. The molecule has 1 heterocycles. The van der Waals surface area contributed by atoms with Gasteiger partial charge in [0.05, 0.1) is 25.5 Å². The molecule has 19 heavy (non-hydrogen) atoms. The fourth-order valence-corrected chi connectivity index (χ4v) is 2.02. The van der Waals surface area contributed by atoms with Crippen molar-refractivity contribution in [3.8, 4) is 23.0 Å². The van der Waals surface area contributed by atoms with Gasteiger partial charge >= 0.3 is 0 Å². The van der Waals surface area contributed by atoms with Crippen LogP contribution in [0.25, 0.3) is 11.5 Å². The average molecular weight is 262 g/mol. The van der Waals surface area contributed by atoms with Crippen LogP contribution in [-0.2, 0) is 6.42 Å². The Morgan fingerprint density at radius 1 is 1.26 bits per heavy atom. The number of hydrogen-bond donors (Lipinski definition) is 1. The molecule has 0 aliphatic heterocycles. The third-order valence-corrected chi connectivity index (χ3v) is 2.96. The van der Waals surface area contributed by atoms with Crippen molar-refractivity contribution in [3.63, 3.8) is 0 Å². The summed E-state index contributed by atoms with van der Waals surface area (Å²) in [4.78, 5) is 4.41. The van der Waals surface area contributed by atoms with Crippen molar-refractivity contribution in [3.05, 3.63) is 29.7 Å². The van der Waals surface area contributed by atoms with E-state index in [9.17, 15) is 0 Å². The first kappa shape index (κ1) is 13.4. The van der Waals surface area contributed by atoms with Crippen molar-refractivity contribution >= 4 is 0 Å². The van der Waals surface area contributed by atoms with Crippen LogP contribution in [0.3, 0.4) is 0 Å². The van der Waals surface area contributed by atoms with Crippen LogP contribution in [0.5, 0.6) is 11.5 Å². The maximum Gasteiger partial charge on any atom is 0.229 e. The molecule has 0 bridgehead atoms. The van der Waals surface area contributed by atoms with E-state index in [-0.39, 0.29) is 0 Å². The van der Waals surface area contributed by atoms with Crippen LogP contribution in [-0.4, -0.2) is 25.7 Å². The molecule has 2 aromatic rings. The Bertz CT molecular complexity index is 564. The minimum Gasteiger partial charge on any atom is -0.496 e. The van der Waals surface area contributed by atoms with E-state index in [2.05, 4.69) is 4.98 Å². The van der Waals surface area contributed by atoms with Gasteiger partial charge in [-0.3, -0.25) is 0 Å². The van der Waals surface area contributed by atoms with Crippen LogP contribution < -0.4 is 15.2 Å². The summed E-state index contributed by atoms with van der Waals surface area (Å²) >= 11 is 0. The topological polar surface area (TPSA) is 70.5 Å². The minimum atomic E-state index is 0.533. The van der Waals surface area contributed by atoms with E-state index in [0.29, 0.717) is 24.6 Å². The molecule has 1 aromatic carbocycles. The lowest BCUT2D eigenvalue weighted by molar-refractivity contribution is 0.388. The Balaban J connectivity index is 2.46. The van der Waals surface area contributed by atoms with Crippen LogP contribution in [0.4, 0.5) is 0 Å². The number of hydrogen-bond acceptors (Lipinski definition) is 5. The lowest BCUT2D eigenvalue weighted by Crippen LogP contribution is -2.02. The van der Waals surface area contributed by atoms with Gasteiger partial charge in [0.15, 0.2) is 0 Å². The number of aromatic nitrogens is 1. The third kappa shape index (κ3) is 2.56. The van der Waals surface area contributed by atoms with E-state index in [1.165, 1.54) is 0 Å². The number of nitrogens with two attached hydrogens (primary N) is 1. The molecular formula is C14H18N2O3. The molecule has 0 aliphatic rings. The largest absolute Gasteiger partial charge is 0.496 e. The molecule has 0 saturated carbocycles. The quantitative estimate of drug-likeness (QED) is 0.894. The summed E-state index contributed by atoms with van der Waals surface area (Å²) < 4.78 is 16.2. The number of rotatable bonds is 5. The molecule has 0 spiro atoms. The highest BCUT2D eigenvalue weighted by Gasteiger charge is 2.16. The predicted octanol–water partition coefficient (Wildman–Crippen LogP) is 2.17. The third-order valence-electron chi connectivity index (χ3n) is 2.96. The maximum atomic E-state index is 5.50. The van der Waals surface area contributed by atoms with Crippen molar-refractivity contribution in [1.82, 2.24) is 4.98 Å². The highest BCUT2D eigenvalue weighted by atomic mass is 16.5. The minimum absolute atomic E-state index is 0.533. The molecule has 0 saturated heterocycles. The van der Waals surface area contributed by atoms with Crippen LogP contribution in [0.1, 0.15) is 11.3 Å². The Hall–Kier alpha value is -2.01. The first-order valence-electron chi connectivity index (χ1n) is 6.07. The van der Waals surface area contributed by atoms with Crippen LogP contribution in [0, 0.1) is 6.92 Å². The van der Waals surface area contributed by atoms with E-state index < -0.39 is 0 Å². The Labute approximate surface area is 112 Å². The molecule has 1 aromatic heterocycles. The summed E-state index contributed by atoms with van der Waals surface area (Å²) in [6, 6.07) is 3.75. The van der Waals surface area contributed by atoms with E-state index in [1.807, 2.05) is 19.1 Å². The SMILES string of the molecule is COc1ccc(-c2nc(CCN)co2)c(OC)c1C. The van der Waals surface area contributed by atoms with E-state index >= 15 is 0 Å². The van der Waals surface area contributed by atoms with Gasteiger partial charge in [0.1, 0.15) is 17.8 Å². The molecule has 0 aliphatic carbocycles. The smallest absolute Gasteiger partial charge is 0.229 e. The van der Waals surface area contributed by atoms with Gasteiger partial charge in [-0.05, 0) is 25.6 Å². The van der Waals surface area contributed by atoms with Gasteiger partial charge in [-0.15, -0.1) is 0 Å². The lowest BCUT2D eigenvalue weighted by atomic mass is 10.1. The molecule has 102 valence electrons. The Kier molecular flexibility index (Phi) is 4.06. The van der Waals surface area contributed by atoms with Crippen molar-refractivity contribution in [1.29, 1.82) is 0 Å². The van der Waals surface area contributed by atoms with Gasteiger partial charge in [-0.25, -0.2) is 4.98 Å². The van der Waals surface area contributed by atoms with E-state index in [1.54, 1.807) is 20.5 Å². The van der Waals surface area contributed by atoms with Gasteiger partial charge in [0.25, 0.3) is 0 Å². The summed E-state index contributed by atoms with van der Waals surface area (Å²) in [5, 5.41) is 0. The number of nitrogens with zero attached hydrogens (tertiary/aromatic N) is 1. The number of ether oxygens (including phenoxy) is 2. The second-order valence-electron chi connectivity index (χ2n) is 4.16. The molecule has 0 radical (unpaired) electrons. The van der Waals surface area contributed by atoms with Gasteiger partial charge in [0.2, 0.25) is 5.89 Å². The fraction of sp³-hybridized carbons (Fsp3) is 0.357. The summed E-state index contributed by atoms with van der Waals surface area (Å²) in [5.41, 5.74) is 8.07. The first-order valence-corrected chi connectivity index (χ1v) is 6.07. The molecule has 0 fully saturated rings. The van der Waals surface area contributed by atoms with E-state index in [0.717, 1.165) is 22.6 Å². The average Bonchev–Trinajstić information content (AvgIpc) is 2.87. The number of methoxy groups -OCH3 is 2. The molecule has 2 rings (SSSR count). The molecule has 5 nitrogen and oxygen atoms in total. The Morgan fingerprint density at radius 2 is 2.05 bits per heavy atom. The zero-order valence-corrected chi connectivity index (χ0v) is 11.4. The van der Waals surface area contributed by atoms with Crippen molar-refractivity contribution < 1.29 is 13.9 Å². The molecule has 0 unspecified atom stereocenters. The van der Waals surface area contributed by atoms with Crippen molar-refractivity contribution in [2.24, 2.45) is 5.73 Å². The van der Waals surface area contributed by atoms with Crippen LogP contribution in [0.15, 0.2) is 22.8 Å². The fourth-order valence-electron chi connectivity index (χ4n) is 2.02. The standard InChI is InChI=1S/C14H18N2O3/c1-9-12(17-2)5-4-11(13(9)18-3)14-16-10(6-7-15)8-19-14/h4-5,8H,6-7,15H2,1-3H3. The normalized spacial score (nSPS) is 10.5.